The van der Waals surface area contributed by atoms with Gasteiger partial charge in [-0.25, -0.2) is 4.98 Å². The molecule has 4 nitrogen and oxygen atoms in total. The van der Waals surface area contributed by atoms with E-state index in [0.29, 0.717) is 0 Å². The fraction of sp³-hybridized carbons (Fsp3) is 0.381. The summed E-state index contributed by atoms with van der Waals surface area (Å²) in [5, 5.41) is 0.771. The number of aromatic nitrogens is 2. The summed E-state index contributed by atoms with van der Waals surface area (Å²) >= 11 is 6.02. The molecule has 4 rings (SSSR count). The van der Waals surface area contributed by atoms with Gasteiger partial charge in [-0.1, -0.05) is 35.9 Å². The zero-order valence-corrected chi connectivity index (χ0v) is 15.7. The van der Waals surface area contributed by atoms with E-state index >= 15 is 0 Å². The zero-order chi connectivity index (χ0) is 17.8. The average Bonchev–Trinajstić information content (AvgIpc) is 3.02. The van der Waals surface area contributed by atoms with Gasteiger partial charge in [-0.2, -0.15) is 0 Å². The second-order valence-electron chi connectivity index (χ2n) is 6.78. The Morgan fingerprint density at radius 3 is 2.54 bits per heavy atom. The number of aryl methyl sites for hydroxylation is 1. The maximum Gasteiger partial charge on any atom is 0.114 e. The van der Waals surface area contributed by atoms with Gasteiger partial charge in [-0.05, 0) is 36.2 Å². The molecule has 0 amide bonds. The molecule has 0 radical (unpaired) electrons. The van der Waals surface area contributed by atoms with Gasteiger partial charge >= 0.3 is 0 Å². The van der Waals surface area contributed by atoms with E-state index in [2.05, 4.69) is 45.9 Å². The van der Waals surface area contributed by atoms with E-state index in [1.165, 1.54) is 11.1 Å². The van der Waals surface area contributed by atoms with Gasteiger partial charge in [0.15, 0.2) is 0 Å². The Bertz CT molecular complexity index is 853. The second kappa shape index (κ2) is 8.21. The summed E-state index contributed by atoms with van der Waals surface area (Å²) in [5.41, 5.74) is 3.53. The number of morpholine rings is 1. The predicted molar refractivity (Wildman–Crippen MR) is 106 cm³/mol. The molecule has 0 N–H and O–H groups in total. The third-order valence-electron chi connectivity index (χ3n) is 4.97. The standard InChI is InChI=1S/C21H24ClN3O/c22-18-8-6-17(7-9-18)16-21-23-19-4-1-2-5-20(19)25(21)11-3-10-24-12-14-26-15-13-24/h1-2,4-9H,3,10-16H2. The lowest BCUT2D eigenvalue weighted by molar-refractivity contribution is 0.0369. The molecule has 0 saturated carbocycles. The molecule has 1 aliphatic heterocycles. The van der Waals surface area contributed by atoms with Crippen LogP contribution >= 0.6 is 11.6 Å². The number of rotatable bonds is 6. The largest absolute Gasteiger partial charge is 0.379 e. The van der Waals surface area contributed by atoms with Crippen molar-refractivity contribution in [2.24, 2.45) is 0 Å². The van der Waals surface area contributed by atoms with Crippen LogP contribution in [0.3, 0.4) is 0 Å². The molecule has 1 saturated heterocycles. The number of fused-ring (bicyclic) bond motifs is 1. The van der Waals surface area contributed by atoms with E-state index in [0.717, 1.165) is 68.6 Å². The maximum atomic E-state index is 6.02. The molecule has 1 fully saturated rings. The Balaban J connectivity index is 1.52. The molecule has 3 aromatic rings. The van der Waals surface area contributed by atoms with E-state index in [9.17, 15) is 0 Å². The van der Waals surface area contributed by atoms with Crippen LogP contribution in [0.15, 0.2) is 48.5 Å². The number of para-hydroxylation sites is 2. The number of hydrogen-bond donors (Lipinski definition) is 0. The van der Waals surface area contributed by atoms with Gasteiger partial charge in [-0.15, -0.1) is 0 Å². The minimum Gasteiger partial charge on any atom is -0.379 e. The minimum absolute atomic E-state index is 0.771. The maximum absolute atomic E-state index is 6.02. The summed E-state index contributed by atoms with van der Waals surface area (Å²) < 4.78 is 7.82. The van der Waals surface area contributed by atoms with Gasteiger partial charge in [0.1, 0.15) is 5.82 Å². The summed E-state index contributed by atoms with van der Waals surface area (Å²) in [6.07, 6.45) is 1.94. The number of hydrogen-bond acceptors (Lipinski definition) is 3. The Kier molecular flexibility index (Phi) is 5.54. The topological polar surface area (TPSA) is 30.3 Å². The average molecular weight is 370 g/mol. The molecule has 1 aromatic heterocycles. The molecule has 2 aromatic carbocycles. The van der Waals surface area contributed by atoms with Gasteiger partial charge in [0, 0.05) is 37.6 Å². The van der Waals surface area contributed by atoms with E-state index in [4.69, 9.17) is 21.3 Å². The first-order valence-electron chi connectivity index (χ1n) is 9.28. The molecule has 2 heterocycles. The van der Waals surface area contributed by atoms with Crippen molar-refractivity contribution in [1.29, 1.82) is 0 Å². The number of halogens is 1. The van der Waals surface area contributed by atoms with Crippen molar-refractivity contribution >= 4 is 22.6 Å². The van der Waals surface area contributed by atoms with Crippen LogP contribution in [0.5, 0.6) is 0 Å². The molecule has 0 unspecified atom stereocenters. The van der Waals surface area contributed by atoms with Gasteiger partial charge in [-0.3, -0.25) is 4.90 Å². The quantitative estimate of drug-likeness (QED) is 0.657. The summed E-state index contributed by atoms with van der Waals surface area (Å²) in [5.74, 6) is 1.12. The van der Waals surface area contributed by atoms with E-state index in [1.807, 2.05) is 12.1 Å². The number of benzene rings is 2. The summed E-state index contributed by atoms with van der Waals surface area (Å²) in [4.78, 5) is 7.38. The van der Waals surface area contributed by atoms with Gasteiger partial charge in [0.2, 0.25) is 0 Å². The Morgan fingerprint density at radius 1 is 0.962 bits per heavy atom. The van der Waals surface area contributed by atoms with E-state index in [1.54, 1.807) is 0 Å². The lowest BCUT2D eigenvalue weighted by atomic mass is 10.1. The SMILES string of the molecule is Clc1ccc(Cc2nc3ccccc3n2CCCN2CCOCC2)cc1. The van der Waals surface area contributed by atoms with Crippen LogP contribution in [0.4, 0.5) is 0 Å². The molecule has 136 valence electrons. The van der Waals surface area contributed by atoms with Crippen molar-refractivity contribution in [2.45, 2.75) is 19.4 Å². The van der Waals surface area contributed by atoms with E-state index < -0.39 is 0 Å². The lowest BCUT2D eigenvalue weighted by Gasteiger charge is -2.26. The molecular formula is C21H24ClN3O. The van der Waals surface area contributed by atoms with Crippen LogP contribution < -0.4 is 0 Å². The van der Waals surface area contributed by atoms with Crippen molar-refractivity contribution in [2.75, 3.05) is 32.8 Å². The van der Waals surface area contributed by atoms with Crippen molar-refractivity contribution < 1.29 is 4.74 Å². The highest BCUT2D eigenvalue weighted by Crippen LogP contribution is 2.20. The van der Waals surface area contributed by atoms with Crippen molar-refractivity contribution in [3.8, 4) is 0 Å². The first kappa shape index (κ1) is 17.5. The molecule has 5 heteroatoms. The summed E-state index contributed by atoms with van der Waals surface area (Å²) in [6, 6.07) is 16.5. The smallest absolute Gasteiger partial charge is 0.114 e. The third-order valence-corrected chi connectivity index (χ3v) is 5.22. The highest BCUT2D eigenvalue weighted by Gasteiger charge is 2.13. The highest BCUT2D eigenvalue weighted by atomic mass is 35.5. The fourth-order valence-corrected chi connectivity index (χ4v) is 3.70. The molecule has 0 bridgehead atoms. The predicted octanol–water partition coefficient (Wildman–Crippen LogP) is 4.00. The van der Waals surface area contributed by atoms with E-state index in [-0.39, 0.29) is 0 Å². The van der Waals surface area contributed by atoms with Crippen molar-refractivity contribution in [3.63, 3.8) is 0 Å². The monoisotopic (exact) mass is 369 g/mol. The zero-order valence-electron chi connectivity index (χ0n) is 14.9. The molecule has 1 aliphatic rings. The molecular weight excluding hydrogens is 346 g/mol. The van der Waals surface area contributed by atoms with Crippen molar-refractivity contribution in [3.05, 3.63) is 64.9 Å². The number of ether oxygens (including phenoxy) is 1. The first-order chi connectivity index (χ1) is 12.8. The molecule has 0 atom stereocenters. The number of nitrogens with zero attached hydrogens (tertiary/aromatic N) is 3. The molecule has 26 heavy (non-hydrogen) atoms. The van der Waals surface area contributed by atoms with Gasteiger partial charge in [0.25, 0.3) is 0 Å². The minimum atomic E-state index is 0.771. The summed E-state index contributed by atoms with van der Waals surface area (Å²) in [7, 11) is 0. The van der Waals surface area contributed by atoms with Crippen LogP contribution in [0, 0.1) is 0 Å². The van der Waals surface area contributed by atoms with Crippen LogP contribution in [-0.4, -0.2) is 47.3 Å². The lowest BCUT2D eigenvalue weighted by Crippen LogP contribution is -2.37. The number of imidazole rings is 1. The van der Waals surface area contributed by atoms with Gasteiger partial charge < -0.3 is 9.30 Å². The highest BCUT2D eigenvalue weighted by molar-refractivity contribution is 6.30. The Hall–Kier alpha value is -1.88. The van der Waals surface area contributed by atoms with Crippen LogP contribution in [0.1, 0.15) is 17.8 Å². The van der Waals surface area contributed by atoms with Gasteiger partial charge in [0.05, 0.1) is 24.2 Å². The normalized spacial score (nSPS) is 15.6. The van der Waals surface area contributed by atoms with Crippen LogP contribution in [-0.2, 0) is 17.7 Å². The van der Waals surface area contributed by atoms with Crippen LogP contribution in [0.2, 0.25) is 5.02 Å². The van der Waals surface area contributed by atoms with Crippen molar-refractivity contribution in [1.82, 2.24) is 14.5 Å². The Labute approximate surface area is 159 Å². The fourth-order valence-electron chi connectivity index (χ4n) is 3.57. The van der Waals surface area contributed by atoms with Crippen LogP contribution in [0.25, 0.3) is 11.0 Å². The molecule has 0 aliphatic carbocycles. The molecule has 0 spiro atoms. The summed E-state index contributed by atoms with van der Waals surface area (Å²) in [6.45, 7) is 5.90. The second-order valence-corrected chi connectivity index (χ2v) is 7.22. The third kappa shape index (κ3) is 4.09. The Morgan fingerprint density at radius 2 is 1.73 bits per heavy atom. The first-order valence-corrected chi connectivity index (χ1v) is 9.66.